The lowest BCUT2D eigenvalue weighted by Gasteiger charge is -2.02. The second-order valence-corrected chi connectivity index (χ2v) is 5.71. The van der Waals surface area contributed by atoms with Crippen LogP contribution in [0.4, 0.5) is 5.69 Å². The molecule has 0 aliphatic heterocycles. The minimum Gasteiger partial charge on any atom is -0.497 e. The first-order chi connectivity index (χ1) is 10.2. The van der Waals surface area contributed by atoms with Gasteiger partial charge >= 0.3 is 0 Å². The van der Waals surface area contributed by atoms with E-state index in [0.717, 1.165) is 32.2 Å². The number of aromatic nitrogens is 1. The van der Waals surface area contributed by atoms with Crippen LogP contribution in [0.1, 0.15) is 6.92 Å². The van der Waals surface area contributed by atoms with Crippen molar-refractivity contribution in [3.8, 4) is 16.3 Å². The summed E-state index contributed by atoms with van der Waals surface area (Å²) in [5.74, 6) is 1.26. The normalized spacial score (nSPS) is 10.6. The lowest BCUT2D eigenvalue weighted by Crippen LogP contribution is -2.04. The predicted octanol–water partition coefficient (Wildman–Crippen LogP) is 4.38. The van der Waals surface area contributed by atoms with Crippen molar-refractivity contribution < 1.29 is 4.74 Å². The van der Waals surface area contributed by atoms with Gasteiger partial charge < -0.3 is 10.1 Å². The van der Waals surface area contributed by atoms with Gasteiger partial charge in [0.1, 0.15) is 10.8 Å². The number of benzene rings is 2. The summed E-state index contributed by atoms with van der Waals surface area (Å²) < 4.78 is 6.30. The quantitative estimate of drug-likeness (QED) is 0.557. The Morgan fingerprint density at radius 2 is 1.95 bits per heavy atom. The number of anilines is 1. The molecule has 4 nitrogen and oxygen atoms in total. The van der Waals surface area contributed by atoms with Crippen LogP contribution in [0.5, 0.6) is 5.75 Å². The SMILES string of the molecule is COc1ccc(-c2nc3cc(NC(C)=N)ccc3s2)cc1. The van der Waals surface area contributed by atoms with E-state index in [1.54, 1.807) is 25.4 Å². The maximum absolute atomic E-state index is 7.48. The van der Waals surface area contributed by atoms with Gasteiger partial charge in [-0.25, -0.2) is 4.98 Å². The van der Waals surface area contributed by atoms with Crippen LogP contribution in [0, 0.1) is 5.41 Å². The Hall–Kier alpha value is -2.40. The van der Waals surface area contributed by atoms with Crippen molar-refractivity contribution in [3.63, 3.8) is 0 Å². The van der Waals surface area contributed by atoms with E-state index in [2.05, 4.69) is 10.3 Å². The molecule has 0 unspecified atom stereocenters. The zero-order valence-electron chi connectivity index (χ0n) is 11.8. The Labute approximate surface area is 126 Å². The summed E-state index contributed by atoms with van der Waals surface area (Å²) in [6.07, 6.45) is 0. The molecule has 106 valence electrons. The van der Waals surface area contributed by atoms with Crippen LogP contribution < -0.4 is 10.1 Å². The molecule has 3 aromatic rings. The smallest absolute Gasteiger partial charge is 0.124 e. The number of hydrogen-bond donors (Lipinski definition) is 2. The van der Waals surface area contributed by atoms with E-state index < -0.39 is 0 Å². The van der Waals surface area contributed by atoms with Gasteiger partial charge in [-0.05, 0) is 49.4 Å². The van der Waals surface area contributed by atoms with E-state index in [0.29, 0.717) is 5.84 Å². The van der Waals surface area contributed by atoms with E-state index in [1.165, 1.54) is 0 Å². The fourth-order valence-electron chi connectivity index (χ4n) is 2.08. The number of rotatable bonds is 3. The third-order valence-electron chi connectivity index (χ3n) is 3.06. The fraction of sp³-hybridized carbons (Fsp3) is 0.125. The molecule has 0 aliphatic carbocycles. The molecule has 21 heavy (non-hydrogen) atoms. The van der Waals surface area contributed by atoms with Crippen LogP contribution in [-0.2, 0) is 0 Å². The number of methoxy groups -OCH3 is 1. The van der Waals surface area contributed by atoms with E-state index in [-0.39, 0.29) is 0 Å². The molecule has 0 aliphatic rings. The molecule has 0 radical (unpaired) electrons. The van der Waals surface area contributed by atoms with Crippen molar-refractivity contribution >= 4 is 33.1 Å². The molecule has 1 heterocycles. The molecule has 0 atom stereocenters. The standard InChI is InChI=1S/C16H15N3OS/c1-10(17)18-12-5-8-15-14(9-12)19-16(21-15)11-3-6-13(20-2)7-4-11/h3-9H,1-2H3,(H2,17,18). The molecule has 3 rings (SSSR count). The highest BCUT2D eigenvalue weighted by atomic mass is 32.1. The molecular weight excluding hydrogens is 282 g/mol. The highest BCUT2D eigenvalue weighted by Crippen LogP contribution is 2.32. The molecule has 0 saturated heterocycles. The van der Waals surface area contributed by atoms with Gasteiger partial charge in [0, 0.05) is 11.3 Å². The molecule has 0 bridgehead atoms. The van der Waals surface area contributed by atoms with Crippen LogP contribution in [0.3, 0.4) is 0 Å². The Morgan fingerprint density at radius 3 is 2.62 bits per heavy atom. The Bertz CT molecular complexity index is 793. The van der Waals surface area contributed by atoms with Crippen molar-refractivity contribution in [1.29, 1.82) is 5.41 Å². The summed E-state index contributed by atoms with van der Waals surface area (Å²) >= 11 is 1.66. The maximum Gasteiger partial charge on any atom is 0.124 e. The molecule has 0 amide bonds. The average Bonchev–Trinajstić information content (AvgIpc) is 2.90. The monoisotopic (exact) mass is 297 g/mol. The Kier molecular flexibility index (Phi) is 3.58. The van der Waals surface area contributed by atoms with E-state index in [1.807, 2.05) is 42.5 Å². The summed E-state index contributed by atoms with van der Waals surface area (Å²) in [6, 6.07) is 13.9. The summed E-state index contributed by atoms with van der Waals surface area (Å²) in [5, 5.41) is 11.5. The molecular formula is C16H15N3OS. The second-order valence-electron chi connectivity index (χ2n) is 4.68. The average molecular weight is 297 g/mol. The van der Waals surface area contributed by atoms with Crippen LogP contribution in [0.15, 0.2) is 42.5 Å². The summed E-state index contributed by atoms with van der Waals surface area (Å²) in [6.45, 7) is 1.72. The lowest BCUT2D eigenvalue weighted by molar-refractivity contribution is 0.415. The van der Waals surface area contributed by atoms with Crippen molar-refractivity contribution in [2.75, 3.05) is 12.4 Å². The number of amidine groups is 1. The molecule has 0 spiro atoms. The first kappa shape index (κ1) is 13.6. The summed E-state index contributed by atoms with van der Waals surface area (Å²) in [5.41, 5.74) is 2.91. The second kappa shape index (κ2) is 5.54. The highest BCUT2D eigenvalue weighted by molar-refractivity contribution is 7.21. The lowest BCUT2D eigenvalue weighted by atomic mass is 10.2. The first-order valence-electron chi connectivity index (χ1n) is 6.53. The van der Waals surface area contributed by atoms with Gasteiger partial charge in [0.25, 0.3) is 0 Å². The van der Waals surface area contributed by atoms with E-state index in [4.69, 9.17) is 10.1 Å². The zero-order valence-corrected chi connectivity index (χ0v) is 12.6. The summed E-state index contributed by atoms with van der Waals surface area (Å²) in [4.78, 5) is 4.67. The minimum absolute atomic E-state index is 0.417. The molecule has 2 N–H and O–H groups in total. The number of fused-ring (bicyclic) bond motifs is 1. The van der Waals surface area contributed by atoms with Crippen molar-refractivity contribution in [2.45, 2.75) is 6.92 Å². The van der Waals surface area contributed by atoms with Crippen LogP contribution in [-0.4, -0.2) is 17.9 Å². The third-order valence-corrected chi connectivity index (χ3v) is 4.14. The van der Waals surface area contributed by atoms with Crippen LogP contribution >= 0.6 is 11.3 Å². The first-order valence-corrected chi connectivity index (χ1v) is 7.34. The van der Waals surface area contributed by atoms with Crippen molar-refractivity contribution in [2.24, 2.45) is 0 Å². The molecule has 5 heteroatoms. The minimum atomic E-state index is 0.417. The molecule has 2 aromatic carbocycles. The van der Waals surface area contributed by atoms with Gasteiger partial charge in [-0.2, -0.15) is 0 Å². The van der Waals surface area contributed by atoms with Gasteiger partial charge in [-0.15, -0.1) is 11.3 Å². The number of nitrogens with zero attached hydrogens (tertiary/aromatic N) is 1. The fourth-order valence-corrected chi connectivity index (χ4v) is 3.03. The number of nitrogens with one attached hydrogen (secondary N) is 2. The van der Waals surface area contributed by atoms with E-state index in [9.17, 15) is 0 Å². The van der Waals surface area contributed by atoms with E-state index >= 15 is 0 Å². The number of thiazole rings is 1. The van der Waals surface area contributed by atoms with Crippen LogP contribution in [0.2, 0.25) is 0 Å². The predicted molar refractivity (Wildman–Crippen MR) is 88.6 cm³/mol. The number of hydrogen-bond acceptors (Lipinski definition) is 4. The number of ether oxygens (including phenoxy) is 1. The molecule has 0 saturated carbocycles. The van der Waals surface area contributed by atoms with Gasteiger partial charge in [-0.1, -0.05) is 0 Å². The van der Waals surface area contributed by atoms with Gasteiger partial charge in [0.05, 0.1) is 23.2 Å². The molecule has 0 fully saturated rings. The summed E-state index contributed by atoms with van der Waals surface area (Å²) in [7, 11) is 1.66. The zero-order chi connectivity index (χ0) is 14.8. The molecule has 1 aromatic heterocycles. The topological polar surface area (TPSA) is 58.0 Å². The van der Waals surface area contributed by atoms with Gasteiger partial charge in [0.2, 0.25) is 0 Å². The van der Waals surface area contributed by atoms with Gasteiger partial charge in [-0.3, -0.25) is 5.41 Å². The van der Waals surface area contributed by atoms with Crippen LogP contribution in [0.25, 0.3) is 20.8 Å². The highest BCUT2D eigenvalue weighted by Gasteiger charge is 2.07. The largest absolute Gasteiger partial charge is 0.497 e. The third kappa shape index (κ3) is 2.87. The van der Waals surface area contributed by atoms with Gasteiger partial charge in [0.15, 0.2) is 0 Å². The van der Waals surface area contributed by atoms with Crippen molar-refractivity contribution in [1.82, 2.24) is 4.98 Å². The Morgan fingerprint density at radius 1 is 1.19 bits per heavy atom. The Balaban J connectivity index is 1.97. The van der Waals surface area contributed by atoms with Crippen molar-refractivity contribution in [3.05, 3.63) is 42.5 Å². The maximum atomic E-state index is 7.48.